The second-order valence-corrected chi connectivity index (χ2v) is 7.52. The number of aliphatic imine (C=N–C) groups is 1. The summed E-state index contributed by atoms with van der Waals surface area (Å²) in [5.41, 5.74) is 0. The van der Waals surface area contributed by atoms with E-state index in [9.17, 15) is 8.42 Å². The molecule has 1 aliphatic rings. The van der Waals surface area contributed by atoms with Gasteiger partial charge in [0.2, 0.25) is 10.0 Å². The molecule has 0 bridgehead atoms. The Labute approximate surface area is 117 Å². The Bertz CT molecular complexity index is 399. The second kappa shape index (κ2) is 6.56. The summed E-state index contributed by atoms with van der Waals surface area (Å²) < 4.78 is 24.4. The first-order chi connectivity index (χ1) is 8.71. The van der Waals surface area contributed by atoms with Gasteiger partial charge in [-0.3, -0.25) is 4.99 Å². The molecule has 1 rings (SSSR count). The second-order valence-electron chi connectivity index (χ2n) is 5.53. The molecule has 0 aliphatic carbocycles. The van der Waals surface area contributed by atoms with E-state index in [-0.39, 0.29) is 0 Å². The fourth-order valence-electron chi connectivity index (χ4n) is 2.32. The monoisotopic (exact) mass is 290 g/mol. The van der Waals surface area contributed by atoms with E-state index < -0.39 is 10.0 Å². The zero-order valence-electron chi connectivity index (χ0n) is 12.6. The standard InChI is InChI=1S/C12H26N4O2S/c1-14(2)12(15(3)4)13-10-11-6-8-16(9-7-11)19(5,17)18/h11H,6-10H2,1-5H3. The Morgan fingerprint density at radius 1 is 1.16 bits per heavy atom. The van der Waals surface area contributed by atoms with Gasteiger partial charge in [0, 0.05) is 47.8 Å². The predicted octanol–water partition coefficient (Wildman–Crippen LogP) is 0.137. The lowest BCUT2D eigenvalue weighted by Crippen LogP contribution is -2.39. The number of hydrogen-bond acceptors (Lipinski definition) is 3. The fourth-order valence-corrected chi connectivity index (χ4v) is 3.19. The Morgan fingerprint density at radius 2 is 1.63 bits per heavy atom. The molecule has 19 heavy (non-hydrogen) atoms. The van der Waals surface area contributed by atoms with Crippen LogP contribution in [0.2, 0.25) is 0 Å². The van der Waals surface area contributed by atoms with E-state index in [4.69, 9.17) is 0 Å². The van der Waals surface area contributed by atoms with Gasteiger partial charge in [0.25, 0.3) is 0 Å². The highest BCUT2D eigenvalue weighted by Crippen LogP contribution is 2.19. The lowest BCUT2D eigenvalue weighted by Gasteiger charge is -2.30. The number of piperidine rings is 1. The van der Waals surface area contributed by atoms with Crippen LogP contribution in [0.5, 0.6) is 0 Å². The highest BCUT2D eigenvalue weighted by molar-refractivity contribution is 7.88. The molecule has 0 amide bonds. The fraction of sp³-hybridized carbons (Fsp3) is 0.917. The Kier molecular flexibility index (Phi) is 5.61. The average molecular weight is 290 g/mol. The van der Waals surface area contributed by atoms with Crippen LogP contribution in [0.15, 0.2) is 4.99 Å². The maximum absolute atomic E-state index is 11.4. The molecule has 0 unspecified atom stereocenters. The molecule has 0 spiro atoms. The molecule has 1 saturated heterocycles. The molecule has 0 saturated carbocycles. The van der Waals surface area contributed by atoms with E-state index >= 15 is 0 Å². The van der Waals surface area contributed by atoms with E-state index in [2.05, 4.69) is 4.99 Å². The van der Waals surface area contributed by atoms with Gasteiger partial charge in [-0.05, 0) is 18.8 Å². The molecule has 0 aromatic carbocycles. The van der Waals surface area contributed by atoms with Crippen molar-refractivity contribution in [2.45, 2.75) is 12.8 Å². The summed E-state index contributed by atoms with van der Waals surface area (Å²) in [7, 11) is 4.88. The van der Waals surface area contributed by atoms with Crippen molar-refractivity contribution in [3.63, 3.8) is 0 Å². The van der Waals surface area contributed by atoms with Crippen LogP contribution in [0.25, 0.3) is 0 Å². The van der Waals surface area contributed by atoms with Gasteiger partial charge in [0.05, 0.1) is 6.26 Å². The van der Waals surface area contributed by atoms with Crippen molar-refractivity contribution in [3.05, 3.63) is 0 Å². The quantitative estimate of drug-likeness (QED) is 0.548. The zero-order valence-corrected chi connectivity index (χ0v) is 13.4. The smallest absolute Gasteiger partial charge is 0.211 e. The summed E-state index contributed by atoms with van der Waals surface area (Å²) in [4.78, 5) is 8.62. The zero-order chi connectivity index (χ0) is 14.6. The molecule has 7 heteroatoms. The van der Waals surface area contributed by atoms with Crippen LogP contribution in [0.1, 0.15) is 12.8 Å². The van der Waals surface area contributed by atoms with Crippen molar-refractivity contribution in [1.29, 1.82) is 0 Å². The molecule has 0 radical (unpaired) electrons. The van der Waals surface area contributed by atoms with Gasteiger partial charge in [-0.1, -0.05) is 0 Å². The Morgan fingerprint density at radius 3 is 2.00 bits per heavy atom. The van der Waals surface area contributed by atoms with Crippen LogP contribution in [0.3, 0.4) is 0 Å². The van der Waals surface area contributed by atoms with Crippen LogP contribution in [0, 0.1) is 5.92 Å². The van der Waals surface area contributed by atoms with Crippen molar-refractivity contribution >= 4 is 16.0 Å². The van der Waals surface area contributed by atoms with Gasteiger partial charge in [-0.15, -0.1) is 0 Å². The van der Waals surface area contributed by atoms with Crippen molar-refractivity contribution in [3.8, 4) is 0 Å². The molecule has 0 atom stereocenters. The van der Waals surface area contributed by atoms with Crippen LogP contribution >= 0.6 is 0 Å². The first-order valence-corrected chi connectivity index (χ1v) is 8.41. The molecule has 0 aromatic rings. The maximum Gasteiger partial charge on any atom is 0.211 e. The third-order valence-electron chi connectivity index (χ3n) is 3.33. The van der Waals surface area contributed by atoms with Crippen molar-refractivity contribution in [1.82, 2.24) is 14.1 Å². The summed E-state index contributed by atoms with van der Waals surface area (Å²) in [6.07, 6.45) is 3.07. The van der Waals surface area contributed by atoms with Crippen molar-refractivity contribution in [2.24, 2.45) is 10.9 Å². The van der Waals surface area contributed by atoms with E-state index in [1.165, 1.54) is 6.26 Å². The first kappa shape index (κ1) is 16.2. The van der Waals surface area contributed by atoms with Crippen molar-refractivity contribution in [2.75, 3.05) is 54.1 Å². The number of rotatable bonds is 3. The lowest BCUT2D eigenvalue weighted by molar-refractivity contribution is 0.279. The third-order valence-corrected chi connectivity index (χ3v) is 4.64. The normalized spacial score (nSPS) is 18.2. The Balaban J connectivity index is 2.51. The molecular weight excluding hydrogens is 264 g/mol. The summed E-state index contributed by atoms with van der Waals surface area (Å²) in [5.74, 6) is 1.43. The first-order valence-electron chi connectivity index (χ1n) is 6.56. The SMILES string of the molecule is CN(C)C(=NCC1CCN(S(C)(=O)=O)CC1)N(C)C. The van der Waals surface area contributed by atoms with Gasteiger partial charge in [-0.25, -0.2) is 12.7 Å². The number of guanidine groups is 1. The van der Waals surface area contributed by atoms with Gasteiger partial charge < -0.3 is 9.80 Å². The third kappa shape index (κ3) is 4.99. The topological polar surface area (TPSA) is 56.2 Å². The number of nitrogens with zero attached hydrogens (tertiary/aromatic N) is 4. The minimum atomic E-state index is -3.03. The summed E-state index contributed by atoms with van der Waals surface area (Å²) in [6.45, 7) is 2.01. The highest BCUT2D eigenvalue weighted by atomic mass is 32.2. The minimum absolute atomic E-state index is 0.480. The van der Waals surface area contributed by atoms with Gasteiger partial charge >= 0.3 is 0 Å². The Hall–Kier alpha value is -0.820. The highest BCUT2D eigenvalue weighted by Gasteiger charge is 2.24. The van der Waals surface area contributed by atoms with Gasteiger partial charge in [-0.2, -0.15) is 0 Å². The maximum atomic E-state index is 11.4. The van der Waals surface area contributed by atoms with E-state index in [1.807, 2.05) is 38.0 Å². The van der Waals surface area contributed by atoms with Crippen molar-refractivity contribution < 1.29 is 8.42 Å². The van der Waals surface area contributed by atoms with Gasteiger partial charge in [0.15, 0.2) is 5.96 Å². The molecule has 6 nitrogen and oxygen atoms in total. The van der Waals surface area contributed by atoms with E-state index in [0.29, 0.717) is 19.0 Å². The molecule has 1 heterocycles. The molecular formula is C12H26N4O2S. The largest absolute Gasteiger partial charge is 0.349 e. The van der Waals surface area contributed by atoms with Gasteiger partial charge in [0.1, 0.15) is 0 Å². The van der Waals surface area contributed by atoms with Crippen LogP contribution < -0.4 is 0 Å². The molecule has 0 N–H and O–H groups in total. The lowest BCUT2D eigenvalue weighted by atomic mass is 9.98. The number of sulfonamides is 1. The van der Waals surface area contributed by atoms with Crippen LogP contribution in [-0.2, 0) is 10.0 Å². The number of hydrogen-bond donors (Lipinski definition) is 0. The van der Waals surface area contributed by atoms with Crippen LogP contribution in [-0.4, -0.2) is 82.6 Å². The van der Waals surface area contributed by atoms with Crippen LogP contribution in [0.4, 0.5) is 0 Å². The van der Waals surface area contributed by atoms with E-state index in [0.717, 1.165) is 25.3 Å². The summed E-state index contributed by atoms with van der Waals surface area (Å²) in [5, 5.41) is 0. The van der Waals surface area contributed by atoms with E-state index in [1.54, 1.807) is 4.31 Å². The molecule has 1 aliphatic heterocycles. The summed E-state index contributed by atoms with van der Waals surface area (Å²) in [6, 6.07) is 0. The summed E-state index contributed by atoms with van der Waals surface area (Å²) >= 11 is 0. The molecule has 1 fully saturated rings. The average Bonchev–Trinajstić information content (AvgIpc) is 2.27. The molecule has 112 valence electrons. The molecule has 0 aromatic heterocycles. The predicted molar refractivity (Wildman–Crippen MR) is 78.8 cm³/mol. The minimum Gasteiger partial charge on any atom is -0.349 e.